The molecule has 132 valence electrons. The Morgan fingerprint density at radius 1 is 1.24 bits per heavy atom. The molecule has 1 saturated carbocycles. The van der Waals surface area contributed by atoms with Crippen molar-refractivity contribution in [2.75, 3.05) is 18.0 Å². The van der Waals surface area contributed by atoms with Gasteiger partial charge in [-0.25, -0.2) is 9.18 Å². The van der Waals surface area contributed by atoms with E-state index in [9.17, 15) is 19.1 Å². The Morgan fingerprint density at radius 2 is 1.92 bits per heavy atom. The first-order valence-corrected chi connectivity index (χ1v) is 8.85. The summed E-state index contributed by atoms with van der Waals surface area (Å²) in [5, 5.41) is 9.50. The van der Waals surface area contributed by atoms with Crippen molar-refractivity contribution in [2.24, 2.45) is 0 Å². The van der Waals surface area contributed by atoms with Crippen LogP contribution in [-0.2, 0) is 0 Å². The zero-order valence-corrected chi connectivity index (χ0v) is 14.2. The Hall–Kier alpha value is -2.37. The number of benzene rings is 1. The first-order valence-electron chi connectivity index (χ1n) is 8.85. The summed E-state index contributed by atoms with van der Waals surface area (Å²) in [5.41, 5.74) is 1.08. The van der Waals surface area contributed by atoms with Crippen molar-refractivity contribution in [1.82, 2.24) is 4.57 Å². The van der Waals surface area contributed by atoms with Gasteiger partial charge in [-0.15, -0.1) is 0 Å². The van der Waals surface area contributed by atoms with Gasteiger partial charge >= 0.3 is 5.97 Å². The number of pyridine rings is 1. The molecule has 5 nitrogen and oxygen atoms in total. The molecule has 0 amide bonds. The average Bonchev–Trinajstić information content (AvgIpc) is 3.41. The fraction of sp³-hybridized carbons (Fsp3) is 0.474. The van der Waals surface area contributed by atoms with Crippen LogP contribution in [0.25, 0.3) is 10.9 Å². The topological polar surface area (TPSA) is 62.5 Å². The molecule has 1 aromatic carbocycles. The quantitative estimate of drug-likeness (QED) is 0.926. The number of halogens is 1. The third kappa shape index (κ3) is 2.60. The number of aryl methyl sites for hydroxylation is 1. The van der Waals surface area contributed by atoms with E-state index in [4.69, 9.17) is 0 Å². The van der Waals surface area contributed by atoms with Crippen LogP contribution in [0.15, 0.2) is 17.1 Å². The van der Waals surface area contributed by atoms with Crippen LogP contribution in [0.1, 0.15) is 54.1 Å². The Kier molecular flexibility index (Phi) is 3.78. The fourth-order valence-electron chi connectivity index (χ4n) is 3.97. The van der Waals surface area contributed by atoms with Gasteiger partial charge in [-0.2, -0.15) is 0 Å². The van der Waals surface area contributed by atoms with Gasteiger partial charge in [0.15, 0.2) is 0 Å². The molecule has 1 saturated heterocycles. The van der Waals surface area contributed by atoms with E-state index in [-0.39, 0.29) is 17.0 Å². The minimum Gasteiger partial charge on any atom is -0.477 e. The summed E-state index contributed by atoms with van der Waals surface area (Å²) in [4.78, 5) is 26.1. The van der Waals surface area contributed by atoms with Gasteiger partial charge < -0.3 is 14.6 Å². The molecule has 2 aliphatic rings. The smallest absolute Gasteiger partial charge is 0.341 e. The molecule has 0 atom stereocenters. The highest BCUT2D eigenvalue weighted by Crippen LogP contribution is 2.40. The Labute approximate surface area is 144 Å². The number of hydrogen-bond donors (Lipinski definition) is 1. The first-order chi connectivity index (χ1) is 12.0. The number of carbonyl (C=O) groups is 1. The number of aromatic carboxylic acids is 1. The number of nitrogens with zero attached hydrogens (tertiary/aromatic N) is 2. The molecule has 1 aliphatic heterocycles. The number of carboxylic acid groups (broad SMARTS) is 1. The molecule has 1 N–H and O–H groups in total. The molecule has 0 radical (unpaired) electrons. The van der Waals surface area contributed by atoms with Crippen LogP contribution in [0.3, 0.4) is 0 Å². The largest absolute Gasteiger partial charge is 0.477 e. The fourth-order valence-corrected chi connectivity index (χ4v) is 3.97. The van der Waals surface area contributed by atoms with Gasteiger partial charge in [0.05, 0.1) is 11.2 Å². The van der Waals surface area contributed by atoms with Crippen LogP contribution in [0.5, 0.6) is 0 Å². The molecule has 4 rings (SSSR count). The minimum absolute atomic E-state index is 0.169. The predicted molar refractivity (Wildman–Crippen MR) is 94.2 cm³/mol. The van der Waals surface area contributed by atoms with Crippen LogP contribution in [0.4, 0.5) is 10.1 Å². The summed E-state index contributed by atoms with van der Waals surface area (Å²) in [6, 6.07) is 1.43. The van der Waals surface area contributed by atoms with Gasteiger partial charge in [0, 0.05) is 30.7 Å². The number of hydrogen-bond acceptors (Lipinski definition) is 3. The van der Waals surface area contributed by atoms with Crippen molar-refractivity contribution in [3.63, 3.8) is 0 Å². The molecular formula is C19H21FN2O3. The number of fused-ring (bicyclic) bond motifs is 1. The predicted octanol–water partition coefficient (Wildman–Crippen LogP) is 3.47. The van der Waals surface area contributed by atoms with Gasteiger partial charge in [0.2, 0.25) is 5.43 Å². The maximum Gasteiger partial charge on any atom is 0.341 e. The molecule has 25 heavy (non-hydrogen) atoms. The van der Waals surface area contributed by atoms with Crippen LogP contribution >= 0.6 is 0 Å². The van der Waals surface area contributed by atoms with Gasteiger partial charge in [-0.05, 0) is 50.7 Å². The summed E-state index contributed by atoms with van der Waals surface area (Å²) in [6.45, 7) is 3.46. The highest BCUT2D eigenvalue weighted by atomic mass is 19.1. The molecule has 2 aromatic rings. The minimum atomic E-state index is -1.26. The van der Waals surface area contributed by atoms with E-state index >= 15 is 0 Å². The van der Waals surface area contributed by atoms with E-state index in [1.165, 1.54) is 12.3 Å². The summed E-state index contributed by atoms with van der Waals surface area (Å²) >= 11 is 0. The molecule has 2 heterocycles. The number of carboxylic acids is 1. The highest BCUT2D eigenvalue weighted by molar-refractivity contribution is 5.95. The lowest BCUT2D eigenvalue weighted by molar-refractivity contribution is 0.0695. The van der Waals surface area contributed by atoms with Crippen LogP contribution in [-0.4, -0.2) is 28.7 Å². The molecule has 6 heteroatoms. The summed E-state index contributed by atoms with van der Waals surface area (Å²) in [7, 11) is 0. The highest BCUT2D eigenvalue weighted by Gasteiger charge is 2.29. The summed E-state index contributed by atoms with van der Waals surface area (Å²) < 4.78 is 16.8. The van der Waals surface area contributed by atoms with Crippen LogP contribution in [0, 0.1) is 12.7 Å². The van der Waals surface area contributed by atoms with Gasteiger partial charge in [-0.1, -0.05) is 0 Å². The first kappa shape index (κ1) is 16.1. The molecule has 1 aromatic heterocycles. The zero-order chi connectivity index (χ0) is 17.7. The van der Waals surface area contributed by atoms with Gasteiger partial charge in [-0.3, -0.25) is 4.79 Å². The second kappa shape index (κ2) is 5.86. The summed E-state index contributed by atoms with van der Waals surface area (Å²) in [6.07, 6.45) is 6.56. The lowest BCUT2D eigenvalue weighted by Crippen LogP contribution is -2.31. The Morgan fingerprint density at radius 3 is 2.52 bits per heavy atom. The number of rotatable bonds is 3. The van der Waals surface area contributed by atoms with Crippen LogP contribution < -0.4 is 10.3 Å². The monoisotopic (exact) mass is 344 g/mol. The van der Waals surface area contributed by atoms with Crippen LogP contribution in [0.2, 0.25) is 0 Å². The lowest BCUT2D eigenvalue weighted by atomic mass is 10.0. The van der Waals surface area contributed by atoms with E-state index in [2.05, 4.69) is 4.90 Å². The van der Waals surface area contributed by atoms with Gasteiger partial charge in [0.1, 0.15) is 11.4 Å². The van der Waals surface area contributed by atoms with Crippen molar-refractivity contribution < 1.29 is 14.3 Å². The zero-order valence-electron chi connectivity index (χ0n) is 14.2. The lowest BCUT2D eigenvalue weighted by Gasteiger charge is -2.31. The SMILES string of the molecule is Cc1c(N2CCCCC2)c(F)cc2c(=O)c(C(=O)O)cn(C3CC3)c12. The molecular weight excluding hydrogens is 323 g/mol. The molecule has 0 bridgehead atoms. The molecule has 2 fully saturated rings. The molecule has 0 spiro atoms. The Bertz CT molecular complexity index is 925. The maximum absolute atomic E-state index is 14.9. The maximum atomic E-state index is 14.9. The normalized spacial score (nSPS) is 17.9. The van der Waals surface area contributed by atoms with Crippen molar-refractivity contribution >= 4 is 22.6 Å². The molecule has 1 aliphatic carbocycles. The van der Waals surface area contributed by atoms with E-state index in [0.29, 0.717) is 11.2 Å². The summed E-state index contributed by atoms with van der Waals surface area (Å²) in [5.74, 6) is -1.70. The third-order valence-electron chi connectivity index (χ3n) is 5.32. The number of piperidine rings is 1. The van der Waals surface area contributed by atoms with E-state index in [1.54, 1.807) is 0 Å². The second-order valence-electron chi connectivity index (χ2n) is 7.09. The number of anilines is 1. The van der Waals surface area contributed by atoms with Gasteiger partial charge in [0.25, 0.3) is 0 Å². The van der Waals surface area contributed by atoms with Crippen molar-refractivity contribution in [1.29, 1.82) is 0 Å². The van der Waals surface area contributed by atoms with E-state index < -0.39 is 17.2 Å². The second-order valence-corrected chi connectivity index (χ2v) is 7.09. The van der Waals surface area contributed by atoms with Crippen molar-refractivity contribution in [2.45, 2.75) is 45.1 Å². The van der Waals surface area contributed by atoms with E-state index in [1.807, 2.05) is 11.5 Å². The third-order valence-corrected chi connectivity index (χ3v) is 5.32. The average molecular weight is 344 g/mol. The Balaban J connectivity index is 2.02. The van der Waals surface area contributed by atoms with Crippen molar-refractivity contribution in [3.05, 3.63) is 39.4 Å². The number of aromatic nitrogens is 1. The van der Waals surface area contributed by atoms with Crippen molar-refractivity contribution in [3.8, 4) is 0 Å². The van der Waals surface area contributed by atoms with E-state index in [0.717, 1.165) is 50.8 Å². The molecule has 0 unspecified atom stereocenters. The standard InChI is InChI=1S/C19H21FN2O3/c1-11-16-13(9-15(20)17(11)21-7-3-2-4-8-21)18(23)14(19(24)25)10-22(16)12-5-6-12/h9-10,12H,2-8H2,1H3,(H,24,25).